The molecule has 0 aromatic rings. The summed E-state index contributed by atoms with van der Waals surface area (Å²) in [5.74, 6) is 0. The van der Waals surface area contributed by atoms with E-state index in [1.165, 1.54) is 19.3 Å². The first kappa shape index (κ1) is 9.22. The largest absolute Gasteiger partial charge is 0.392 e. The predicted octanol–water partition coefficient (Wildman–Crippen LogP) is 1.60. The number of hydrogen-bond donors (Lipinski definition) is 2. The molecule has 2 aliphatic carbocycles. The molecule has 3 atom stereocenters. The number of aliphatic hydroxyl groups excluding tert-OH is 1. The van der Waals surface area contributed by atoms with Crippen LogP contribution in [0.1, 0.15) is 38.5 Å². The number of rotatable bonds is 2. The van der Waals surface area contributed by atoms with Crippen molar-refractivity contribution in [1.29, 1.82) is 0 Å². The van der Waals surface area contributed by atoms with Gasteiger partial charge in [0.2, 0.25) is 0 Å². The Morgan fingerprint density at radius 3 is 2.69 bits per heavy atom. The lowest BCUT2D eigenvalue weighted by Crippen LogP contribution is -2.42. The molecule has 3 unspecified atom stereocenters. The van der Waals surface area contributed by atoms with Crippen molar-refractivity contribution in [2.24, 2.45) is 0 Å². The molecule has 0 amide bonds. The molecule has 2 N–H and O–H groups in total. The van der Waals surface area contributed by atoms with Crippen LogP contribution in [0, 0.1) is 0 Å². The highest BCUT2D eigenvalue weighted by Gasteiger charge is 2.26. The van der Waals surface area contributed by atoms with Crippen molar-refractivity contribution in [3.63, 3.8) is 0 Å². The van der Waals surface area contributed by atoms with Crippen LogP contribution in [0.5, 0.6) is 0 Å². The molecule has 0 heterocycles. The van der Waals surface area contributed by atoms with Crippen LogP contribution in [0.2, 0.25) is 0 Å². The zero-order chi connectivity index (χ0) is 9.10. The fourth-order valence-electron chi connectivity index (χ4n) is 2.38. The van der Waals surface area contributed by atoms with Gasteiger partial charge >= 0.3 is 0 Å². The third-order valence-electron chi connectivity index (χ3n) is 3.20. The average molecular weight is 181 g/mol. The third-order valence-corrected chi connectivity index (χ3v) is 3.20. The number of aliphatic hydroxyl groups is 1. The van der Waals surface area contributed by atoms with Crippen LogP contribution in [0.3, 0.4) is 0 Å². The van der Waals surface area contributed by atoms with Crippen molar-refractivity contribution < 1.29 is 5.11 Å². The van der Waals surface area contributed by atoms with Gasteiger partial charge in [0, 0.05) is 12.1 Å². The summed E-state index contributed by atoms with van der Waals surface area (Å²) in [6, 6.07) is 0.985. The fraction of sp³-hybridized carbons (Fsp3) is 0.818. The Morgan fingerprint density at radius 2 is 2.08 bits per heavy atom. The molecule has 0 bridgehead atoms. The fourth-order valence-corrected chi connectivity index (χ4v) is 2.38. The van der Waals surface area contributed by atoms with Gasteiger partial charge in [0.25, 0.3) is 0 Å². The number of nitrogens with one attached hydrogen (secondary N) is 1. The van der Waals surface area contributed by atoms with E-state index in [-0.39, 0.29) is 6.10 Å². The zero-order valence-electron chi connectivity index (χ0n) is 8.08. The summed E-state index contributed by atoms with van der Waals surface area (Å²) >= 11 is 0. The van der Waals surface area contributed by atoms with Gasteiger partial charge in [-0.1, -0.05) is 12.2 Å². The van der Waals surface area contributed by atoms with Crippen LogP contribution in [0.25, 0.3) is 0 Å². The molecule has 13 heavy (non-hydrogen) atoms. The highest BCUT2D eigenvalue weighted by atomic mass is 16.3. The van der Waals surface area contributed by atoms with Crippen LogP contribution >= 0.6 is 0 Å². The minimum absolute atomic E-state index is 0.0918. The minimum Gasteiger partial charge on any atom is -0.392 e. The maximum Gasteiger partial charge on any atom is 0.0693 e. The summed E-state index contributed by atoms with van der Waals surface area (Å²) in [6.07, 6.45) is 11.3. The quantitative estimate of drug-likeness (QED) is 0.634. The van der Waals surface area contributed by atoms with E-state index in [0.717, 1.165) is 19.3 Å². The van der Waals surface area contributed by atoms with Crippen molar-refractivity contribution in [3.8, 4) is 0 Å². The molecule has 1 saturated carbocycles. The lowest BCUT2D eigenvalue weighted by atomic mass is 10.0. The second-order valence-electron chi connectivity index (χ2n) is 4.25. The topological polar surface area (TPSA) is 32.3 Å². The standard InChI is InChI=1S/C11H19NO/c13-11-8-4-7-10(11)12-9-5-2-1-3-6-9/h1-2,9-13H,3-8H2. The zero-order valence-corrected chi connectivity index (χ0v) is 8.08. The summed E-state index contributed by atoms with van der Waals surface area (Å²) in [5.41, 5.74) is 0. The van der Waals surface area contributed by atoms with Gasteiger partial charge in [0.1, 0.15) is 0 Å². The van der Waals surface area contributed by atoms with E-state index in [4.69, 9.17) is 0 Å². The van der Waals surface area contributed by atoms with Gasteiger partial charge in [-0.2, -0.15) is 0 Å². The average Bonchev–Trinajstić information content (AvgIpc) is 2.54. The summed E-state index contributed by atoms with van der Waals surface area (Å²) in [5, 5.41) is 13.2. The van der Waals surface area contributed by atoms with E-state index in [0.29, 0.717) is 12.1 Å². The van der Waals surface area contributed by atoms with Crippen molar-refractivity contribution in [2.45, 2.75) is 56.7 Å². The van der Waals surface area contributed by atoms with Gasteiger partial charge in [-0.3, -0.25) is 0 Å². The Labute approximate surface area is 80.0 Å². The summed E-state index contributed by atoms with van der Waals surface area (Å²) in [6.45, 7) is 0. The molecule has 0 spiro atoms. The van der Waals surface area contributed by atoms with E-state index in [2.05, 4.69) is 17.5 Å². The van der Waals surface area contributed by atoms with Gasteiger partial charge in [-0.05, 0) is 38.5 Å². The molecule has 2 rings (SSSR count). The smallest absolute Gasteiger partial charge is 0.0693 e. The molecule has 2 aliphatic rings. The molecule has 74 valence electrons. The van der Waals surface area contributed by atoms with Crippen LogP contribution in [-0.4, -0.2) is 23.3 Å². The normalized spacial score (nSPS) is 39.6. The molecule has 0 aromatic carbocycles. The Balaban J connectivity index is 1.79. The maximum atomic E-state index is 9.64. The van der Waals surface area contributed by atoms with E-state index in [9.17, 15) is 5.11 Å². The van der Waals surface area contributed by atoms with Crippen molar-refractivity contribution in [1.82, 2.24) is 5.32 Å². The molecule has 2 nitrogen and oxygen atoms in total. The lowest BCUT2D eigenvalue weighted by molar-refractivity contribution is 0.141. The predicted molar refractivity (Wildman–Crippen MR) is 53.6 cm³/mol. The summed E-state index contributed by atoms with van der Waals surface area (Å²) in [7, 11) is 0. The summed E-state index contributed by atoms with van der Waals surface area (Å²) in [4.78, 5) is 0. The molecule has 0 saturated heterocycles. The van der Waals surface area contributed by atoms with Crippen LogP contribution < -0.4 is 5.32 Å². The molecule has 1 fully saturated rings. The monoisotopic (exact) mass is 181 g/mol. The first-order chi connectivity index (χ1) is 6.36. The molecule has 2 heteroatoms. The van der Waals surface area contributed by atoms with Crippen LogP contribution in [0.15, 0.2) is 12.2 Å². The number of allylic oxidation sites excluding steroid dienone is 1. The van der Waals surface area contributed by atoms with Crippen molar-refractivity contribution in [2.75, 3.05) is 0 Å². The second kappa shape index (κ2) is 4.25. The van der Waals surface area contributed by atoms with Gasteiger partial charge in [-0.15, -0.1) is 0 Å². The Hall–Kier alpha value is -0.340. The van der Waals surface area contributed by atoms with Gasteiger partial charge < -0.3 is 10.4 Å². The van der Waals surface area contributed by atoms with E-state index < -0.39 is 0 Å². The highest BCUT2D eigenvalue weighted by molar-refractivity contribution is 4.95. The second-order valence-corrected chi connectivity index (χ2v) is 4.25. The molecule has 0 aromatic heterocycles. The molecule has 0 aliphatic heterocycles. The SMILES string of the molecule is OC1CCCC1NC1CC=CCC1. The van der Waals surface area contributed by atoms with Crippen LogP contribution in [-0.2, 0) is 0 Å². The first-order valence-corrected chi connectivity index (χ1v) is 5.45. The Kier molecular flexibility index (Phi) is 3.01. The number of hydrogen-bond acceptors (Lipinski definition) is 2. The Bertz CT molecular complexity index is 191. The minimum atomic E-state index is -0.0918. The third kappa shape index (κ3) is 2.32. The summed E-state index contributed by atoms with van der Waals surface area (Å²) < 4.78 is 0. The molecule has 0 radical (unpaired) electrons. The van der Waals surface area contributed by atoms with Crippen molar-refractivity contribution >= 4 is 0 Å². The van der Waals surface area contributed by atoms with Gasteiger partial charge in [-0.25, -0.2) is 0 Å². The van der Waals surface area contributed by atoms with Crippen molar-refractivity contribution in [3.05, 3.63) is 12.2 Å². The molecular formula is C11H19NO. The molecular weight excluding hydrogens is 162 g/mol. The highest BCUT2D eigenvalue weighted by Crippen LogP contribution is 2.21. The van der Waals surface area contributed by atoms with E-state index in [1.54, 1.807) is 0 Å². The van der Waals surface area contributed by atoms with Gasteiger partial charge in [0.15, 0.2) is 0 Å². The van der Waals surface area contributed by atoms with E-state index >= 15 is 0 Å². The lowest BCUT2D eigenvalue weighted by Gasteiger charge is -2.25. The van der Waals surface area contributed by atoms with Crippen LogP contribution in [0.4, 0.5) is 0 Å². The van der Waals surface area contributed by atoms with E-state index in [1.807, 2.05) is 0 Å². The van der Waals surface area contributed by atoms with Gasteiger partial charge in [0.05, 0.1) is 6.10 Å². The Morgan fingerprint density at radius 1 is 1.15 bits per heavy atom. The first-order valence-electron chi connectivity index (χ1n) is 5.45. The maximum absolute atomic E-state index is 9.64.